The minimum Gasteiger partial charge on any atom is -0.352 e. The van der Waals surface area contributed by atoms with Crippen LogP contribution in [0.15, 0.2) is 42.5 Å². The molecule has 0 aromatic heterocycles. The maximum absolute atomic E-state index is 13.7. The van der Waals surface area contributed by atoms with E-state index < -0.39 is 28.5 Å². The smallest absolute Gasteiger partial charge is 0.244 e. The predicted molar refractivity (Wildman–Crippen MR) is 142 cm³/mol. The van der Waals surface area contributed by atoms with Gasteiger partial charge in [0.25, 0.3) is 0 Å². The van der Waals surface area contributed by atoms with Gasteiger partial charge in [0.2, 0.25) is 21.8 Å². The summed E-state index contributed by atoms with van der Waals surface area (Å²) in [5.74, 6) is -0.821. The zero-order valence-corrected chi connectivity index (χ0v) is 23.0. The number of sulfonamides is 1. The van der Waals surface area contributed by atoms with Crippen LogP contribution >= 0.6 is 23.2 Å². The first kappa shape index (κ1) is 28.9. The van der Waals surface area contributed by atoms with Crippen LogP contribution in [0.4, 0.5) is 5.69 Å². The van der Waals surface area contributed by atoms with Gasteiger partial charge in [-0.2, -0.15) is 0 Å². The number of rotatable bonds is 11. The van der Waals surface area contributed by atoms with Crippen LogP contribution in [0.25, 0.3) is 0 Å². The molecule has 10 heteroatoms. The van der Waals surface area contributed by atoms with Gasteiger partial charge in [-0.25, -0.2) is 8.42 Å². The van der Waals surface area contributed by atoms with E-state index in [2.05, 4.69) is 5.32 Å². The van der Waals surface area contributed by atoms with Crippen LogP contribution in [0.2, 0.25) is 10.0 Å². The van der Waals surface area contributed by atoms with E-state index in [1.807, 2.05) is 13.8 Å². The minimum atomic E-state index is -3.79. The van der Waals surface area contributed by atoms with Crippen LogP contribution in [0.5, 0.6) is 0 Å². The highest BCUT2D eigenvalue weighted by atomic mass is 35.5. The van der Waals surface area contributed by atoms with Gasteiger partial charge in [-0.3, -0.25) is 13.9 Å². The van der Waals surface area contributed by atoms with Gasteiger partial charge in [-0.15, -0.1) is 0 Å². The Morgan fingerprint density at radius 1 is 1.06 bits per heavy atom. The lowest BCUT2D eigenvalue weighted by Crippen LogP contribution is -2.53. The molecule has 0 radical (unpaired) electrons. The Hall–Kier alpha value is -2.29. The molecule has 0 aliphatic carbocycles. The molecule has 0 bridgehead atoms. The van der Waals surface area contributed by atoms with Crippen molar-refractivity contribution < 1.29 is 18.0 Å². The molecule has 0 fully saturated rings. The first-order valence-corrected chi connectivity index (χ1v) is 14.1. The molecule has 2 aromatic rings. The molecule has 2 unspecified atom stereocenters. The first-order valence-electron chi connectivity index (χ1n) is 11.5. The fourth-order valence-corrected chi connectivity index (χ4v) is 5.01. The van der Waals surface area contributed by atoms with Crippen molar-refractivity contribution in [3.05, 3.63) is 63.6 Å². The Labute approximate surface area is 218 Å². The number of benzene rings is 2. The summed E-state index contributed by atoms with van der Waals surface area (Å²) in [6.45, 7) is 6.98. The molecular formula is C25H33Cl2N3O4S. The highest BCUT2D eigenvalue weighted by Gasteiger charge is 2.32. The van der Waals surface area contributed by atoms with Crippen molar-refractivity contribution in [3.8, 4) is 0 Å². The maximum atomic E-state index is 13.7. The molecule has 2 amide bonds. The number of hydrogen-bond donors (Lipinski definition) is 1. The molecule has 2 aromatic carbocycles. The molecule has 1 N–H and O–H groups in total. The molecular weight excluding hydrogens is 509 g/mol. The zero-order chi connectivity index (χ0) is 26.3. The van der Waals surface area contributed by atoms with Crippen molar-refractivity contribution in [2.45, 2.75) is 59.2 Å². The summed E-state index contributed by atoms with van der Waals surface area (Å²) in [4.78, 5) is 28.2. The van der Waals surface area contributed by atoms with Gasteiger partial charge in [0.15, 0.2) is 0 Å². The topological polar surface area (TPSA) is 86.8 Å². The van der Waals surface area contributed by atoms with Crippen LogP contribution in [-0.4, -0.2) is 50.0 Å². The molecule has 35 heavy (non-hydrogen) atoms. The molecule has 0 saturated carbocycles. The fraction of sp³-hybridized carbons (Fsp3) is 0.440. The van der Waals surface area contributed by atoms with Gasteiger partial charge in [0.05, 0.1) is 11.9 Å². The van der Waals surface area contributed by atoms with E-state index >= 15 is 0 Å². The highest BCUT2D eigenvalue weighted by Crippen LogP contribution is 2.26. The lowest BCUT2D eigenvalue weighted by Gasteiger charge is -2.33. The number of carbonyl (C=O) groups excluding carboxylic acids is 2. The van der Waals surface area contributed by atoms with Crippen LogP contribution in [-0.2, 0) is 26.2 Å². The average Bonchev–Trinajstić information content (AvgIpc) is 2.78. The summed E-state index contributed by atoms with van der Waals surface area (Å²) in [7, 11) is -3.79. The number of anilines is 1. The largest absolute Gasteiger partial charge is 0.352 e. The summed E-state index contributed by atoms with van der Waals surface area (Å²) in [6, 6.07) is 11.0. The van der Waals surface area contributed by atoms with Crippen molar-refractivity contribution in [2.24, 2.45) is 0 Å². The Morgan fingerprint density at radius 3 is 2.26 bits per heavy atom. The molecule has 0 aliphatic rings. The normalized spacial score (nSPS) is 13.1. The van der Waals surface area contributed by atoms with Gasteiger partial charge >= 0.3 is 0 Å². The lowest BCUT2D eigenvalue weighted by molar-refractivity contribution is -0.140. The van der Waals surface area contributed by atoms with Crippen molar-refractivity contribution in [3.63, 3.8) is 0 Å². The van der Waals surface area contributed by atoms with Crippen LogP contribution in [0, 0.1) is 6.92 Å². The SMILES string of the molecule is CCC(C)NC(=O)C(CC)N(Cc1ccc(Cl)cc1Cl)C(=O)CN(c1ccccc1C)S(C)(=O)=O. The van der Waals surface area contributed by atoms with E-state index in [0.29, 0.717) is 33.3 Å². The molecule has 0 saturated heterocycles. The maximum Gasteiger partial charge on any atom is 0.244 e. The zero-order valence-electron chi connectivity index (χ0n) is 20.7. The van der Waals surface area contributed by atoms with Crippen molar-refractivity contribution >= 4 is 50.7 Å². The summed E-state index contributed by atoms with van der Waals surface area (Å²) >= 11 is 12.4. The number of nitrogens with zero attached hydrogens (tertiary/aromatic N) is 2. The van der Waals surface area contributed by atoms with Crippen molar-refractivity contribution in [1.82, 2.24) is 10.2 Å². The number of amides is 2. The number of aryl methyl sites for hydroxylation is 1. The second-order valence-corrected chi connectivity index (χ2v) is 11.3. The van der Waals surface area contributed by atoms with Gasteiger partial charge in [0, 0.05) is 22.6 Å². The van der Waals surface area contributed by atoms with Crippen molar-refractivity contribution in [2.75, 3.05) is 17.1 Å². The van der Waals surface area contributed by atoms with E-state index in [0.717, 1.165) is 17.0 Å². The standard InChI is InChI=1S/C25H33Cl2N3O4S/c1-6-18(4)28-25(32)22(7-2)29(15-19-12-13-20(26)14-21(19)27)24(31)16-30(35(5,33)34)23-11-9-8-10-17(23)3/h8-14,18,22H,6-7,15-16H2,1-5H3,(H,28,32). The third kappa shape index (κ3) is 7.85. The third-order valence-corrected chi connectivity index (χ3v) is 7.52. The monoisotopic (exact) mass is 541 g/mol. The van der Waals surface area contributed by atoms with E-state index in [-0.39, 0.29) is 18.5 Å². The van der Waals surface area contributed by atoms with Crippen LogP contribution in [0.1, 0.15) is 44.7 Å². The number of halogens is 2. The Morgan fingerprint density at radius 2 is 1.71 bits per heavy atom. The molecule has 0 aliphatic heterocycles. The summed E-state index contributed by atoms with van der Waals surface area (Å²) in [5.41, 5.74) is 1.71. The summed E-state index contributed by atoms with van der Waals surface area (Å²) in [5, 5.41) is 3.73. The highest BCUT2D eigenvalue weighted by molar-refractivity contribution is 7.92. The minimum absolute atomic E-state index is 0.0205. The van der Waals surface area contributed by atoms with Gasteiger partial charge < -0.3 is 10.2 Å². The van der Waals surface area contributed by atoms with Crippen LogP contribution < -0.4 is 9.62 Å². The lowest BCUT2D eigenvalue weighted by atomic mass is 10.1. The van der Waals surface area contributed by atoms with Gasteiger partial charge in [-0.05, 0) is 56.0 Å². The summed E-state index contributed by atoms with van der Waals surface area (Å²) < 4.78 is 26.4. The summed E-state index contributed by atoms with van der Waals surface area (Å²) in [6.07, 6.45) is 2.12. The number of para-hydroxylation sites is 1. The second-order valence-electron chi connectivity index (χ2n) is 8.56. The number of carbonyl (C=O) groups is 2. The molecule has 0 spiro atoms. The third-order valence-electron chi connectivity index (χ3n) is 5.81. The van der Waals surface area contributed by atoms with Crippen LogP contribution in [0.3, 0.4) is 0 Å². The van der Waals surface area contributed by atoms with E-state index in [1.165, 1.54) is 4.90 Å². The number of nitrogens with one attached hydrogen (secondary N) is 1. The van der Waals surface area contributed by atoms with E-state index in [1.54, 1.807) is 56.3 Å². The van der Waals surface area contributed by atoms with E-state index in [9.17, 15) is 18.0 Å². The quantitative estimate of drug-likeness (QED) is 0.443. The number of hydrogen-bond acceptors (Lipinski definition) is 4. The van der Waals surface area contributed by atoms with E-state index in [4.69, 9.17) is 23.2 Å². The second kappa shape index (κ2) is 12.6. The Bertz CT molecular complexity index is 1160. The molecule has 2 rings (SSSR count). The molecule has 2 atom stereocenters. The Balaban J connectivity index is 2.49. The fourth-order valence-electron chi connectivity index (χ4n) is 3.63. The Kier molecular flexibility index (Phi) is 10.4. The molecule has 0 heterocycles. The molecule has 7 nitrogen and oxygen atoms in total. The first-order chi connectivity index (χ1) is 16.4. The molecule has 192 valence electrons. The van der Waals surface area contributed by atoms with Crippen molar-refractivity contribution in [1.29, 1.82) is 0 Å². The van der Waals surface area contributed by atoms with Gasteiger partial charge in [0.1, 0.15) is 12.6 Å². The predicted octanol–water partition coefficient (Wildman–Crippen LogP) is 4.79. The average molecular weight is 543 g/mol. The van der Waals surface area contributed by atoms with Gasteiger partial charge in [-0.1, -0.05) is 61.3 Å².